The second kappa shape index (κ2) is 6.79. The molecule has 0 spiro atoms. The normalized spacial score (nSPS) is 9.75. The van der Waals surface area contributed by atoms with Crippen LogP contribution < -0.4 is 4.74 Å². The highest BCUT2D eigenvalue weighted by atomic mass is 16.5. The van der Waals surface area contributed by atoms with Gasteiger partial charge in [-0.2, -0.15) is 0 Å². The smallest absolute Gasteiger partial charge is 0.135 e. The van der Waals surface area contributed by atoms with Crippen LogP contribution in [0.3, 0.4) is 0 Å². The van der Waals surface area contributed by atoms with Gasteiger partial charge in [0.05, 0.1) is 5.56 Å². The first-order chi connectivity index (χ1) is 9.69. The lowest BCUT2D eigenvalue weighted by Gasteiger charge is -2.09. The molecule has 0 aliphatic heterocycles. The monoisotopic (exact) mass is 266 g/mol. The summed E-state index contributed by atoms with van der Waals surface area (Å²) >= 11 is 0. The first-order valence-corrected chi connectivity index (χ1v) is 6.58. The average Bonchev–Trinajstić information content (AvgIpc) is 2.46. The Labute approximate surface area is 120 Å². The van der Waals surface area contributed by atoms with Crippen LogP contribution in [-0.2, 0) is 6.61 Å². The van der Waals surface area contributed by atoms with Gasteiger partial charge in [0.1, 0.15) is 19.0 Å². The Morgan fingerprint density at radius 1 is 1.00 bits per heavy atom. The molecule has 2 aromatic rings. The highest BCUT2D eigenvalue weighted by molar-refractivity contribution is 5.48. The predicted molar refractivity (Wildman–Crippen MR) is 80.7 cm³/mol. The SMILES string of the molecule is Cc1ccc(COc2ccc(C)cc2C#CCO)cc1. The Morgan fingerprint density at radius 2 is 1.70 bits per heavy atom. The molecule has 0 heterocycles. The van der Waals surface area contributed by atoms with Gasteiger partial charge in [-0.1, -0.05) is 47.7 Å². The zero-order valence-corrected chi connectivity index (χ0v) is 11.8. The van der Waals surface area contributed by atoms with E-state index in [4.69, 9.17) is 9.84 Å². The molecule has 102 valence electrons. The molecule has 1 N–H and O–H groups in total. The van der Waals surface area contributed by atoms with Crippen LogP contribution in [0, 0.1) is 25.7 Å². The van der Waals surface area contributed by atoms with Gasteiger partial charge >= 0.3 is 0 Å². The van der Waals surface area contributed by atoms with Crippen molar-refractivity contribution < 1.29 is 9.84 Å². The molecule has 2 heteroatoms. The molecule has 0 saturated carbocycles. The van der Waals surface area contributed by atoms with Gasteiger partial charge in [-0.15, -0.1) is 0 Å². The third kappa shape index (κ3) is 3.88. The lowest BCUT2D eigenvalue weighted by Crippen LogP contribution is -1.97. The summed E-state index contributed by atoms with van der Waals surface area (Å²) < 4.78 is 5.83. The van der Waals surface area contributed by atoms with Crippen molar-refractivity contribution in [3.8, 4) is 17.6 Å². The van der Waals surface area contributed by atoms with E-state index in [1.165, 1.54) is 5.56 Å². The van der Waals surface area contributed by atoms with Crippen molar-refractivity contribution in [2.45, 2.75) is 20.5 Å². The van der Waals surface area contributed by atoms with E-state index < -0.39 is 0 Å². The zero-order chi connectivity index (χ0) is 14.4. The maximum absolute atomic E-state index is 8.81. The number of aliphatic hydroxyl groups is 1. The third-order valence-corrected chi connectivity index (χ3v) is 2.95. The van der Waals surface area contributed by atoms with Crippen LogP contribution in [0.5, 0.6) is 5.75 Å². The second-order valence-electron chi connectivity index (χ2n) is 4.73. The van der Waals surface area contributed by atoms with Crippen molar-refractivity contribution in [3.63, 3.8) is 0 Å². The molecule has 0 bridgehead atoms. The Balaban J connectivity index is 2.14. The number of benzene rings is 2. The minimum atomic E-state index is -0.147. The Morgan fingerprint density at radius 3 is 2.40 bits per heavy atom. The molecule has 0 atom stereocenters. The lowest BCUT2D eigenvalue weighted by molar-refractivity contribution is 0.305. The molecule has 0 amide bonds. The number of ether oxygens (including phenoxy) is 1. The van der Waals surface area contributed by atoms with Crippen molar-refractivity contribution in [3.05, 3.63) is 64.7 Å². The van der Waals surface area contributed by atoms with Gasteiger partial charge in [0.15, 0.2) is 0 Å². The fourth-order valence-electron chi connectivity index (χ4n) is 1.85. The van der Waals surface area contributed by atoms with Crippen molar-refractivity contribution in [2.75, 3.05) is 6.61 Å². The Hall–Kier alpha value is -2.24. The molecule has 0 fully saturated rings. The fourth-order valence-corrected chi connectivity index (χ4v) is 1.85. The molecule has 20 heavy (non-hydrogen) atoms. The van der Waals surface area contributed by atoms with Crippen LogP contribution in [0.4, 0.5) is 0 Å². The number of aliphatic hydroxyl groups excluding tert-OH is 1. The maximum Gasteiger partial charge on any atom is 0.135 e. The highest BCUT2D eigenvalue weighted by Gasteiger charge is 2.02. The summed E-state index contributed by atoms with van der Waals surface area (Å²) in [6, 6.07) is 14.1. The minimum absolute atomic E-state index is 0.147. The van der Waals surface area contributed by atoms with E-state index in [0.717, 1.165) is 22.4 Å². The molecule has 0 radical (unpaired) electrons. The number of aryl methyl sites for hydroxylation is 2. The van der Waals surface area contributed by atoms with Crippen LogP contribution in [-0.4, -0.2) is 11.7 Å². The van der Waals surface area contributed by atoms with E-state index in [1.807, 2.05) is 25.1 Å². The van der Waals surface area contributed by atoms with Gasteiger partial charge in [-0.3, -0.25) is 0 Å². The van der Waals surface area contributed by atoms with Crippen LogP contribution in [0.2, 0.25) is 0 Å². The summed E-state index contributed by atoms with van der Waals surface area (Å²) in [6.07, 6.45) is 0. The Kier molecular flexibility index (Phi) is 4.81. The first kappa shape index (κ1) is 14.2. The highest BCUT2D eigenvalue weighted by Crippen LogP contribution is 2.20. The molecule has 2 nitrogen and oxygen atoms in total. The second-order valence-corrected chi connectivity index (χ2v) is 4.73. The van der Waals surface area contributed by atoms with E-state index in [1.54, 1.807) is 0 Å². The molecule has 2 aromatic carbocycles. The minimum Gasteiger partial charge on any atom is -0.488 e. The van der Waals surface area contributed by atoms with Gasteiger partial charge in [-0.05, 0) is 37.1 Å². The summed E-state index contributed by atoms with van der Waals surface area (Å²) in [5.41, 5.74) is 4.29. The summed E-state index contributed by atoms with van der Waals surface area (Å²) in [5, 5.41) is 8.81. The standard InChI is InChI=1S/C18H18O2/c1-14-5-8-16(9-6-14)13-20-18-10-7-15(2)12-17(18)4-3-11-19/h5-10,12,19H,11,13H2,1-2H3. The fraction of sp³-hybridized carbons (Fsp3) is 0.222. The number of rotatable bonds is 3. The molecule has 0 saturated heterocycles. The van der Waals surface area contributed by atoms with Gasteiger partial charge in [0, 0.05) is 0 Å². The zero-order valence-electron chi connectivity index (χ0n) is 11.8. The summed E-state index contributed by atoms with van der Waals surface area (Å²) in [6.45, 7) is 4.43. The lowest BCUT2D eigenvalue weighted by atomic mass is 10.1. The largest absolute Gasteiger partial charge is 0.488 e. The van der Waals surface area contributed by atoms with Crippen LogP contribution in [0.1, 0.15) is 22.3 Å². The molecule has 2 rings (SSSR count). The van der Waals surface area contributed by atoms with E-state index in [0.29, 0.717) is 6.61 Å². The average molecular weight is 266 g/mol. The van der Waals surface area contributed by atoms with Crippen molar-refractivity contribution >= 4 is 0 Å². The predicted octanol–water partition coefficient (Wildman–Crippen LogP) is 3.23. The molecule has 0 aliphatic carbocycles. The van der Waals surface area contributed by atoms with Gasteiger partial charge < -0.3 is 9.84 Å². The topological polar surface area (TPSA) is 29.5 Å². The van der Waals surface area contributed by atoms with Crippen LogP contribution in [0.15, 0.2) is 42.5 Å². The molecular formula is C18H18O2. The van der Waals surface area contributed by atoms with Crippen molar-refractivity contribution in [2.24, 2.45) is 0 Å². The molecule has 0 aromatic heterocycles. The summed E-state index contributed by atoms with van der Waals surface area (Å²) in [5.74, 6) is 6.33. The number of hydrogen-bond donors (Lipinski definition) is 1. The quantitative estimate of drug-likeness (QED) is 0.864. The van der Waals surface area contributed by atoms with E-state index in [2.05, 4.69) is 43.0 Å². The van der Waals surface area contributed by atoms with E-state index in [-0.39, 0.29) is 6.61 Å². The first-order valence-electron chi connectivity index (χ1n) is 6.58. The Bertz CT molecular complexity index is 631. The van der Waals surface area contributed by atoms with Gasteiger partial charge in [0.25, 0.3) is 0 Å². The van der Waals surface area contributed by atoms with E-state index in [9.17, 15) is 0 Å². The summed E-state index contributed by atoms with van der Waals surface area (Å²) in [4.78, 5) is 0. The molecule has 0 unspecified atom stereocenters. The molecule has 0 aliphatic rings. The third-order valence-electron chi connectivity index (χ3n) is 2.95. The summed E-state index contributed by atoms with van der Waals surface area (Å²) in [7, 11) is 0. The maximum atomic E-state index is 8.81. The van der Waals surface area contributed by atoms with Crippen molar-refractivity contribution in [1.82, 2.24) is 0 Å². The molecular weight excluding hydrogens is 248 g/mol. The van der Waals surface area contributed by atoms with Crippen LogP contribution >= 0.6 is 0 Å². The van der Waals surface area contributed by atoms with Crippen molar-refractivity contribution in [1.29, 1.82) is 0 Å². The number of hydrogen-bond acceptors (Lipinski definition) is 2. The van der Waals surface area contributed by atoms with E-state index >= 15 is 0 Å². The van der Waals surface area contributed by atoms with Crippen LogP contribution in [0.25, 0.3) is 0 Å². The van der Waals surface area contributed by atoms with Gasteiger partial charge in [0.2, 0.25) is 0 Å². The van der Waals surface area contributed by atoms with Gasteiger partial charge in [-0.25, -0.2) is 0 Å².